The highest BCUT2D eigenvalue weighted by Gasteiger charge is 2.08. The quantitative estimate of drug-likeness (QED) is 0.752. The first-order chi connectivity index (χ1) is 8.19. The summed E-state index contributed by atoms with van der Waals surface area (Å²) in [6.45, 7) is 0.315. The zero-order valence-electron chi connectivity index (χ0n) is 9.36. The fourth-order valence-corrected chi connectivity index (χ4v) is 1.90. The third-order valence-corrected chi connectivity index (χ3v) is 2.77. The van der Waals surface area contributed by atoms with Gasteiger partial charge in [-0.2, -0.15) is 0 Å². The topological polar surface area (TPSA) is 105 Å². The molecule has 2 aromatic heterocycles. The Kier molecular flexibility index (Phi) is 3.49. The van der Waals surface area contributed by atoms with E-state index < -0.39 is 0 Å². The van der Waals surface area contributed by atoms with E-state index in [-0.39, 0.29) is 0 Å². The molecule has 0 spiro atoms. The van der Waals surface area contributed by atoms with Crippen molar-refractivity contribution in [3.8, 4) is 0 Å². The molecule has 0 aliphatic rings. The Labute approximate surface area is 102 Å². The lowest BCUT2D eigenvalue weighted by atomic mass is 10.5. The van der Waals surface area contributed by atoms with Gasteiger partial charge in [-0.25, -0.2) is 14.6 Å². The summed E-state index contributed by atoms with van der Waals surface area (Å²) in [6.07, 6.45) is 0. The van der Waals surface area contributed by atoms with Crippen LogP contribution in [0.25, 0.3) is 0 Å². The monoisotopic (exact) mass is 253 g/mol. The Morgan fingerprint density at radius 1 is 1.47 bits per heavy atom. The number of methoxy groups -OCH3 is 1. The molecule has 17 heavy (non-hydrogen) atoms. The van der Waals surface area contributed by atoms with Crippen LogP contribution in [0.3, 0.4) is 0 Å². The lowest BCUT2D eigenvalue weighted by molar-refractivity contribution is 0.177. The second-order valence-corrected chi connectivity index (χ2v) is 4.15. The number of tetrazole rings is 1. The number of ether oxygens (including phenoxy) is 1. The summed E-state index contributed by atoms with van der Waals surface area (Å²) < 4.78 is 6.52. The second kappa shape index (κ2) is 5.06. The van der Waals surface area contributed by atoms with Crippen molar-refractivity contribution >= 4 is 17.6 Å². The van der Waals surface area contributed by atoms with Crippen molar-refractivity contribution < 1.29 is 4.74 Å². The SMILES string of the molecule is COCc1nc(N)cc(Sc2nnnn2C)n1. The van der Waals surface area contributed by atoms with Gasteiger partial charge < -0.3 is 10.5 Å². The minimum atomic E-state index is 0.315. The van der Waals surface area contributed by atoms with Crippen molar-refractivity contribution in [2.75, 3.05) is 12.8 Å². The molecule has 90 valence electrons. The Morgan fingerprint density at radius 2 is 2.29 bits per heavy atom. The molecule has 2 aromatic rings. The summed E-state index contributed by atoms with van der Waals surface area (Å²) in [5.41, 5.74) is 5.68. The van der Waals surface area contributed by atoms with Gasteiger partial charge in [-0.15, -0.1) is 5.10 Å². The Hall–Kier alpha value is -1.74. The van der Waals surface area contributed by atoms with Crippen LogP contribution >= 0.6 is 11.8 Å². The molecule has 0 bridgehead atoms. The molecule has 0 unspecified atom stereocenters. The van der Waals surface area contributed by atoms with E-state index in [9.17, 15) is 0 Å². The zero-order valence-corrected chi connectivity index (χ0v) is 10.2. The Morgan fingerprint density at radius 3 is 2.94 bits per heavy atom. The largest absolute Gasteiger partial charge is 0.384 e. The molecule has 2 heterocycles. The van der Waals surface area contributed by atoms with E-state index in [4.69, 9.17) is 10.5 Å². The molecule has 0 aliphatic carbocycles. The smallest absolute Gasteiger partial charge is 0.215 e. The minimum absolute atomic E-state index is 0.315. The van der Waals surface area contributed by atoms with Crippen LogP contribution in [0, 0.1) is 0 Å². The number of nitrogens with zero attached hydrogens (tertiary/aromatic N) is 6. The van der Waals surface area contributed by atoms with Crippen molar-refractivity contribution in [3.05, 3.63) is 11.9 Å². The number of aromatic nitrogens is 6. The predicted molar refractivity (Wildman–Crippen MR) is 60.1 cm³/mol. The van der Waals surface area contributed by atoms with Gasteiger partial charge in [0.05, 0.1) is 0 Å². The second-order valence-electron chi connectivity index (χ2n) is 3.17. The molecule has 0 saturated heterocycles. The third kappa shape index (κ3) is 2.88. The molecule has 2 N–H and O–H groups in total. The van der Waals surface area contributed by atoms with Gasteiger partial charge >= 0.3 is 0 Å². The molecule has 8 nitrogen and oxygen atoms in total. The molecule has 0 aliphatic heterocycles. The number of anilines is 1. The highest BCUT2D eigenvalue weighted by atomic mass is 32.2. The molecule has 0 saturated carbocycles. The van der Waals surface area contributed by atoms with Gasteiger partial charge in [-0.3, -0.25) is 0 Å². The maximum Gasteiger partial charge on any atom is 0.215 e. The van der Waals surface area contributed by atoms with Crippen LogP contribution in [0.15, 0.2) is 16.2 Å². The van der Waals surface area contributed by atoms with E-state index in [1.54, 1.807) is 24.9 Å². The van der Waals surface area contributed by atoms with Crippen molar-refractivity contribution in [3.63, 3.8) is 0 Å². The summed E-state index contributed by atoms with van der Waals surface area (Å²) in [5.74, 6) is 0.926. The van der Waals surface area contributed by atoms with Crippen molar-refractivity contribution in [1.29, 1.82) is 0 Å². The summed E-state index contributed by atoms with van der Waals surface area (Å²) in [5, 5.41) is 12.4. The van der Waals surface area contributed by atoms with Crippen LogP contribution in [0.5, 0.6) is 0 Å². The maximum absolute atomic E-state index is 5.68. The van der Waals surface area contributed by atoms with Gasteiger partial charge in [0.2, 0.25) is 5.16 Å². The van der Waals surface area contributed by atoms with E-state index in [2.05, 4.69) is 25.5 Å². The van der Waals surface area contributed by atoms with Crippen molar-refractivity contribution in [2.45, 2.75) is 16.8 Å². The van der Waals surface area contributed by atoms with Crippen LogP contribution in [-0.4, -0.2) is 37.3 Å². The molecule has 0 fully saturated rings. The lowest BCUT2D eigenvalue weighted by Crippen LogP contribution is -2.02. The maximum atomic E-state index is 5.68. The third-order valence-electron chi connectivity index (χ3n) is 1.82. The predicted octanol–water partition coefficient (Wildman–Crippen LogP) is -0.120. The van der Waals surface area contributed by atoms with Crippen molar-refractivity contribution in [1.82, 2.24) is 30.2 Å². The zero-order chi connectivity index (χ0) is 12.3. The van der Waals surface area contributed by atoms with Gasteiger partial charge in [-0.05, 0) is 22.2 Å². The number of nitrogens with two attached hydrogens (primary N) is 1. The number of rotatable bonds is 4. The van der Waals surface area contributed by atoms with Crippen LogP contribution in [-0.2, 0) is 18.4 Å². The first-order valence-corrected chi connectivity index (χ1v) is 5.53. The highest BCUT2D eigenvalue weighted by molar-refractivity contribution is 7.99. The van der Waals surface area contributed by atoms with Gasteiger partial charge in [0.15, 0.2) is 5.82 Å². The van der Waals surface area contributed by atoms with Crippen molar-refractivity contribution in [2.24, 2.45) is 7.05 Å². The fourth-order valence-electron chi connectivity index (χ4n) is 1.14. The first-order valence-electron chi connectivity index (χ1n) is 4.71. The molecule has 0 amide bonds. The molecule has 0 aromatic carbocycles. The minimum Gasteiger partial charge on any atom is -0.384 e. The number of hydrogen-bond donors (Lipinski definition) is 1. The van der Waals surface area contributed by atoms with Crippen LogP contribution in [0.4, 0.5) is 5.82 Å². The Balaban J connectivity index is 2.23. The highest BCUT2D eigenvalue weighted by Crippen LogP contribution is 2.23. The van der Waals surface area contributed by atoms with Crippen LogP contribution < -0.4 is 5.73 Å². The Bertz CT molecular complexity index is 514. The van der Waals surface area contributed by atoms with Crippen LogP contribution in [0.1, 0.15) is 5.82 Å². The summed E-state index contributed by atoms with van der Waals surface area (Å²) >= 11 is 1.32. The van der Waals surface area contributed by atoms with Crippen LogP contribution in [0.2, 0.25) is 0 Å². The average molecular weight is 253 g/mol. The van der Waals surface area contributed by atoms with Gasteiger partial charge in [0.25, 0.3) is 0 Å². The standard InChI is InChI=1S/C8H11N7OS/c1-15-8(12-13-14-15)17-7-3-5(9)10-6(11-7)4-16-2/h3H,4H2,1-2H3,(H2,9,10,11). The summed E-state index contributed by atoms with van der Waals surface area (Å²) in [7, 11) is 3.33. The summed E-state index contributed by atoms with van der Waals surface area (Å²) in [4.78, 5) is 8.32. The molecule has 0 radical (unpaired) electrons. The normalized spacial score (nSPS) is 10.7. The molecule has 0 atom stereocenters. The fraction of sp³-hybridized carbons (Fsp3) is 0.375. The first kappa shape index (κ1) is 11.7. The molecular formula is C8H11N7OS. The number of nitrogen functional groups attached to an aromatic ring is 1. The number of aryl methyl sites for hydroxylation is 1. The average Bonchev–Trinajstić information content (AvgIpc) is 2.64. The molecular weight excluding hydrogens is 242 g/mol. The summed E-state index contributed by atoms with van der Waals surface area (Å²) in [6, 6.07) is 1.67. The van der Waals surface area contributed by atoms with Gasteiger partial charge in [-0.1, -0.05) is 0 Å². The van der Waals surface area contributed by atoms with Gasteiger partial charge in [0, 0.05) is 20.2 Å². The lowest BCUT2D eigenvalue weighted by Gasteiger charge is -2.03. The molecule has 9 heteroatoms. The van der Waals surface area contributed by atoms with E-state index in [0.29, 0.717) is 28.4 Å². The molecule has 2 rings (SSSR count). The van der Waals surface area contributed by atoms with E-state index in [1.807, 2.05) is 0 Å². The number of hydrogen-bond acceptors (Lipinski definition) is 8. The van der Waals surface area contributed by atoms with E-state index >= 15 is 0 Å². The van der Waals surface area contributed by atoms with Gasteiger partial charge in [0.1, 0.15) is 17.5 Å². The van der Waals surface area contributed by atoms with E-state index in [0.717, 1.165) is 0 Å². The van der Waals surface area contributed by atoms with E-state index in [1.165, 1.54) is 11.8 Å².